The van der Waals surface area contributed by atoms with E-state index in [4.69, 9.17) is 14.2 Å². The van der Waals surface area contributed by atoms with E-state index >= 15 is 0 Å². The van der Waals surface area contributed by atoms with Gasteiger partial charge in [-0.15, -0.1) is 11.3 Å². The summed E-state index contributed by atoms with van der Waals surface area (Å²) in [4.78, 5) is 0.815. The van der Waals surface area contributed by atoms with Crippen molar-refractivity contribution < 1.29 is 19.3 Å². The van der Waals surface area contributed by atoms with E-state index in [0.29, 0.717) is 22.8 Å². The van der Waals surface area contributed by atoms with Gasteiger partial charge in [-0.25, -0.2) is 0 Å². The van der Waals surface area contributed by atoms with E-state index in [0.717, 1.165) is 9.35 Å². The molecule has 4 nitrogen and oxygen atoms in total. The molecular formula is C14H15BrO4S. The highest BCUT2D eigenvalue weighted by atomic mass is 79.9. The predicted molar refractivity (Wildman–Crippen MR) is 82.2 cm³/mol. The van der Waals surface area contributed by atoms with Gasteiger partial charge in [0, 0.05) is 16.1 Å². The largest absolute Gasteiger partial charge is 0.496 e. The Bertz CT molecular complexity index is 597. The Kier molecular flexibility index (Phi) is 4.91. The molecule has 1 atom stereocenters. The summed E-state index contributed by atoms with van der Waals surface area (Å²) >= 11 is 4.90. The summed E-state index contributed by atoms with van der Waals surface area (Å²) in [7, 11) is 4.67. The van der Waals surface area contributed by atoms with Crippen LogP contribution in [0.15, 0.2) is 28.1 Å². The molecule has 0 aliphatic carbocycles. The van der Waals surface area contributed by atoms with Crippen molar-refractivity contribution in [1.29, 1.82) is 0 Å². The van der Waals surface area contributed by atoms with Gasteiger partial charge < -0.3 is 19.3 Å². The Morgan fingerprint density at radius 2 is 1.65 bits per heavy atom. The van der Waals surface area contributed by atoms with E-state index in [-0.39, 0.29) is 0 Å². The van der Waals surface area contributed by atoms with Crippen LogP contribution in [0.1, 0.15) is 16.5 Å². The van der Waals surface area contributed by atoms with Crippen molar-refractivity contribution in [1.82, 2.24) is 0 Å². The first-order valence-corrected chi connectivity index (χ1v) is 7.50. The lowest BCUT2D eigenvalue weighted by molar-refractivity contribution is 0.216. The molecule has 2 aromatic rings. The average molecular weight is 359 g/mol. The summed E-state index contributed by atoms with van der Waals surface area (Å²) < 4.78 is 16.7. The first-order valence-electron chi connectivity index (χ1n) is 5.83. The molecule has 1 aromatic carbocycles. The zero-order valence-electron chi connectivity index (χ0n) is 11.3. The summed E-state index contributed by atoms with van der Waals surface area (Å²) in [5.41, 5.74) is 0.633. The number of hydrogen-bond acceptors (Lipinski definition) is 5. The second-order valence-corrected chi connectivity index (χ2v) is 5.79. The molecule has 0 saturated carbocycles. The van der Waals surface area contributed by atoms with Crippen LogP contribution in [0.3, 0.4) is 0 Å². The Labute approximate surface area is 130 Å². The van der Waals surface area contributed by atoms with Crippen molar-refractivity contribution in [3.8, 4) is 17.2 Å². The number of benzene rings is 1. The van der Waals surface area contributed by atoms with Crippen molar-refractivity contribution in [2.75, 3.05) is 21.3 Å². The smallest absolute Gasteiger partial charge is 0.164 e. The van der Waals surface area contributed by atoms with E-state index in [2.05, 4.69) is 15.9 Å². The van der Waals surface area contributed by atoms with Crippen molar-refractivity contribution in [2.45, 2.75) is 6.10 Å². The molecule has 0 amide bonds. The fraction of sp³-hybridized carbons (Fsp3) is 0.286. The van der Waals surface area contributed by atoms with Gasteiger partial charge in [-0.3, -0.25) is 0 Å². The molecular weight excluding hydrogens is 344 g/mol. The number of thiophene rings is 1. The standard InChI is InChI=1S/C14H15BrO4S/c1-17-10-7-12(19-3)11(18-2)6-8(10)13(16)14-9(15)4-5-20-14/h4-7,13,16H,1-3H3. The van der Waals surface area contributed by atoms with Crippen molar-refractivity contribution in [2.24, 2.45) is 0 Å². The maximum absolute atomic E-state index is 10.6. The van der Waals surface area contributed by atoms with Crippen LogP contribution in [0.5, 0.6) is 17.2 Å². The van der Waals surface area contributed by atoms with Gasteiger partial charge in [0.15, 0.2) is 11.5 Å². The zero-order chi connectivity index (χ0) is 14.7. The Balaban J connectivity index is 2.52. The van der Waals surface area contributed by atoms with E-state index in [1.807, 2.05) is 11.4 Å². The molecule has 0 radical (unpaired) electrons. The maximum atomic E-state index is 10.6. The van der Waals surface area contributed by atoms with Crippen LogP contribution < -0.4 is 14.2 Å². The van der Waals surface area contributed by atoms with Crippen LogP contribution in [0, 0.1) is 0 Å². The second kappa shape index (κ2) is 6.47. The van der Waals surface area contributed by atoms with Gasteiger partial charge >= 0.3 is 0 Å². The quantitative estimate of drug-likeness (QED) is 0.886. The van der Waals surface area contributed by atoms with Crippen LogP contribution in [0.2, 0.25) is 0 Å². The number of hydrogen-bond donors (Lipinski definition) is 1. The van der Waals surface area contributed by atoms with Gasteiger partial charge in [-0.1, -0.05) is 0 Å². The highest BCUT2D eigenvalue weighted by molar-refractivity contribution is 9.10. The van der Waals surface area contributed by atoms with Gasteiger partial charge in [-0.05, 0) is 33.4 Å². The van der Waals surface area contributed by atoms with E-state index in [9.17, 15) is 5.11 Å². The van der Waals surface area contributed by atoms with Crippen molar-refractivity contribution in [3.05, 3.63) is 38.5 Å². The third-order valence-corrected chi connectivity index (χ3v) is 4.85. The molecule has 0 aliphatic rings. The molecule has 1 heterocycles. The maximum Gasteiger partial charge on any atom is 0.164 e. The second-order valence-electron chi connectivity index (χ2n) is 3.98. The molecule has 20 heavy (non-hydrogen) atoms. The average Bonchev–Trinajstić information content (AvgIpc) is 2.91. The van der Waals surface area contributed by atoms with Crippen LogP contribution in [0.4, 0.5) is 0 Å². The fourth-order valence-electron chi connectivity index (χ4n) is 1.91. The van der Waals surface area contributed by atoms with Crippen LogP contribution in [0.25, 0.3) is 0 Å². The summed E-state index contributed by atoms with van der Waals surface area (Å²) in [6.45, 7) is 0. The fourth-order valence-corrected chi connectivity index (χ4v) is 3.50. The lowest BCUT2D eigenvalue weighted by atomic mass is 10.1. The summed E-state index contributed by atoms with van der Waals surface area (Å²) in [6, 6.07) is 5.34. The van der Waals surface area contributed by atoms with E-state index in [1.165, 1.54) is 11.3 Å². The monoisotopic (exact) mass is 358 g/mol. The normalized spacial score (nSPS) is 12.1. The SMILES string of the molecule is COc1cc(OC)c(C(O)c2sccc2Br)cc1OC. The molecule has 0 aliphatic heterocycles. The third-order valence-electron chi connectivity index (χ3n) is 2.92. The molecule has 1 N–H and O–H groups in total. The lowest BCUT2D eigenvalue weighted by Gasteiger charge is -2.17. The summed E-state index contributed by atoms with van der Waals surface area (Å²) in [5, 5.41) is 12.5. The minimum atomic E-state index is -0.792. The Hall–Kier alpha value is -1.24. The summed E-state index contributed by atoms with van der Waals surface area (Å²) in [5.74, 6) is 1.66. The number of rotatable bonds is 5. The topological polar surface area (TPSA) is 47.9 Å². The molecule has 108 valence electrons. The molecule has 0 spiro atoms. The van der Waals surface area contributed by atoms with Crippen LogP contribution in [-0.4, -0.2) is 26.4 Å². The minimum absolute atomic E-state index is 0.551. The third kappa shape index (κ3) is 2.77. The summed E-state index contributed by atoms with van der Waals surface area (Å²) in [6.07, 6.45) is -0.792. The van der Waals surface area contributed by atoms with Crippen LogP contribution >= 0.6 is 27.3 Å². The van der Waals surface area contributed by atoms with Gasteiger partial charge in [0.2, 0.25) is 0 Å². The van der Waals surface area contributed by atoms with Gasteiger partial charge in [-0.2, -0.15) is 0 Å². The number of aliphatic hydroxyl groups is 1. The highest BCUT2D eigenvalue weighted by Gasteiger charge is 2.22. The van der Waals surface area contributed by atoms with Crippen molar-refractivity contribution >= 4 is 27.3 Å². The minimum Gasteiger partial charge on any atom is -0.496 e. The number of ether oxygens (including phenoxy) is 3. The first-order chi connectivity index (χ1) is 9.62. The molecule has 0 bridgehead atoms. The number of halogens is 1. The molecule has 6 heteroatoms. The van der Waals surface area contributed by atoms with E-state index in [1.54, 1.807) is 33.5 Å². The molecule has 0 fully saturated rings. The van der Waals surface area contributed by atoms with Gasteiger partial charge in [0.25, 0.3) is 0 Å². The number of aliphatic hydroxyl groups excluding tert-OH is 1. The molecule has 1 unspecified atom stereocenters. The molecule has 0 saturated heterocycles. The van der Waals surface area contributed by atoms with E-state index < -0.39 is 6.10 Å². The first kappa shape index (κ1) is 15.2. The van der Waals surface area contributed by atoms with Crippen LogP contribution in [-0.2, 0) is 0 Å². The predicted octanol–water partition coefficient (Wildman–Crippen LogP) is 3.62. The number of methoxy groups -OCH3 is 3. The van der Waals surface area contributed by atoms with Gasteiger partial charge in [0.05, 0.1) is 26.2 Å². The lowest BCUT2D eigenvalue weighted by Crippen LogP contribution is -2.03. The Morgan fingerprint density at radius 1 is 1.05 bits per heavy atom. The molecule has 2 rings (SSSR count). The highest BCUT2D eigenvalue weighted by Crippen LogP contribution is 2.42. The Morgan fingerprint density at radius 3 is 2.15 bits per heavy atom. The van der Waals surface area contributed by atoms with Crippen molar-refractivity contribution in [3.63, 3.8) is 0 Å². The molecule has 1 aromatic heterocycles. The zero-order valence-corrected chi connectivity index (χ0v) is 13.7. The van der Waals surface area contributed by atoms with Gasteiger partial charge in [0.1, 0.15) is 11.9 Å².